The average Bonchev–Trinajstić information content (AvgIpc) is 3.73. The Kier molecular flexibility index (Phi) is 11.8. The molecule has 0 atom stereocenters. The number of rotatable bonds is 2. The van der Waals surface area contributed by atoms with E-state index in [2.05, 4.69) is 73.4 Å². The number of halogens is 2. The van der Waals surface area contributed by atoms with Crippen LogP contribution in [-0.2, 0) is 25.9 Å². The van der Waals surface area contributed by atoms with Crippen molar-refractivity contribution in [3.8, 4) is 11.4 Å². The van der Waals surface area contributed by atoms with E-state index in [1.165, 1.54) is 27.7 Å². The van der Waals surface area contributed by atoms with Crippen molar-refractivity contribution in [1.82, 2.24) is 49.2 Å². The van der Waals surface area contributed by atoms with E-state index in [1.54, 1.807) is 31.9 Å². The molecule has 0 bridgehead atoms. The highest BCUT2D eigenvalue weighted by Crippen LogP contribution is 2.19. The Balaban J connectivity index is 0.000000162. The normalized spacial score (nSPS) is 10.2. The highest BCUT2D eigenvalue weighted by molar-refractivity contribution is 6.32. The van der Waals surface area contributed by atoms with Crippen molar-refractivity contribution in [1.29, 1.82) is 0 Å². The summed E-state index contributed by atoms with van der Waals surface area (Å²) in [6, 6.07) is 14.2. The fourth-order valence-corrected chi connectivity index (χ4v) is 4.27. The second kappa shape index (κ2) is 15.3. The third kappa shape index (κ3) is 8.29. The molecule has 0 aliphatic carbocycles. The summed E-state index contributed by atoms with van der Waals surface area (Å²) in [5.74, 6) is 0.165. The number of hydrogen-bond acceptors (Lipinski definition) is 8. The monoisotopic (exact) mass is 638 g/mol. The van der Waals surface area contributed by atoms with Crippen LogP contribution in [-0.4, -0.2) is 62.2 Å². The smallest absolute Gasteiger partial charge is 0.342 e. The second-order valence-electron chi connectivity index (χ2n) is 9.74. The zero-order valence-electron chi connectivity index (χ0n) is 26.2. The quantitative estimate of drug-likeness (QED) is 0.222. The molecule has 5 aromatic heterocycles. The van der Waals surface area contributed by atoms with Gasteiger partial charge in [-0.3, -0.25) is 9.36 Å². The number of aryl methyl sites for hydroxylation is 6. The number of imidazole rings is 1. The van der Waals surface area contributed by atoms with Gasteiger partial charge in [0, 0.05) is 26.0 Å². The number of aromatic nitrogens is 10. The van der Waals surface area contributed by atoms with Gasteiger partial charge in [-0.2, -0.15) is 15.0 Å². The SMILES string of the molecule is COC(=O)c1c(Cl)nn(C)c1C.Cc1c(-c2nnn(C)n2)cnn1C.Cc1c(Cl)nc2ccccn12.Cc1ccccc1C. The van der Waals surface area contributed by atoms with E-state index in [0.29, 0.717) is 22.2 Å². The first-order chi connectivity index (χ1) is 20.8. The van der Waals surface area contributed by atoms with Gasteiger partial charge in [0.1, 0.15) is 11.2 Å². The van der Waals surface area contributed by atoms with Crippen LogP contribution >= 0.6 is 23.2 Å². The molecule has 232 valence electrons. The fourth-order valence-electron chi connectivity index (χ4n) is 3.76. The number of carbonyl (C=O) groups excluding carboxylic acids is 1. The Morgan fingerprint density at radius 2 is 1.43 bits per heavy atom. The predicted octanol–water partition coefficient (Wildman–Crippen LogP) is 5.69. The number of nitrogens with zero attached hydrogens (tertiary/aromatic N) is 10. The van der Waals surface area contributed by atoms with Crippen molar-refractivity contribution in [2.45, 2.75) is 34.6 Å². The predicted molar refractivity (Wildman–Crippen MR) is 171 cm³/mol. The lowest BCUT2D eigenvalue weighted by Gasteiger charge is -1.97. The summed E-state index contributed by atoms with van der Waals surface area (Å²) in [5, 5.41) is 20.5. The van der Waals surface area contributed by atoms with Gasteiger partial charge in [-0.05, 0) is 63.1 Å². The van der Waals surface area contributed by atoms with Crippen LogP contribution in [0.25, 0.3) is 17.0 Å². The third-order valence-corrected chi connectivity index (χ3v) is 7.42. The molecule has 0 unspecified atom stereocenters. The molecular weight excluding hydrogens is 603 g/mol. The zero-order valence-corrected chi connectivity index (χ0v) is 27.8. The molecule has 5 heterocycles. The number of fused-ring (bicyclic) bond motifs is 1. The van der Waals surface area contributed by atoms with Crippen LogP contribution in [0.1, 0.15) is 38.6 Å². The molecule has 0 spiro atoms. The van der Waals surface area contributed by atoms with Crippen molar-refractivity contribution in [2.75, 3.05) is 7.11 Å². The van der Waals surface area contributed by atoms with Gasteiger partial charge in [-0.25, -0.2) is 9.78 Å². The lowest BCUT2D eigenvalue weighted by Crippen LogP contribution is -2.03. The molecule has 14 heteroatoms. The summed E-state index contributed by atoms with van der Waals surface area (Å²) >= 11 is 11.5. The minimum Gasteiger partial charge on any atom is -0.465 e. The first kappa shape index (κ1) is 33.9. The topological polar surface area (TPSA) is 123 Å². The molecule has 12 nitrogen and oxygen atoms in total. The van der Waals surface area contributed by atoms with Crippen LogP contribution in [0.3, 0.4) is 0 Å². The molecule has 0 amide bonds. The van der Waals surface area contributed by atoms with E-state index in [-0.39, 0.29) is 5.15 Å². The molecule has 6 rings (SSSR count). The molecule has 0 aliphatic heterocycles. The Hall–Kier alpha value is -4.55. The van der Waals surface area contributed by atoms with Crippen LogP contribution in [0.4, 0.5) is 0 Å². The number of carbonyl (C=O) groups is 1. The number of pyridine rings is 1. The number of benzene rings is 1. The maximum atomic E-state index is 11.1. The Morgan fingerprint density at radius 3 is 1.89 bits per heavy atom. The maximum absolute atomic E-state index is 11.1. The van der Waals surface area contributed by atoms with E-state index < -0.39 is 5.97 Å². The Labute approximate surface area is 266 Å². The molecule has 44 heavy (non-hydrogen) atoms. The summed E-state index contributed by atoms with van der Waals surface area (Å²) in [4.78, 5) is 16.7. The number of ether oxygens (including phenoxy) is 1. The summed E-state index contributed by atoms with van der Waals surface area (Å²) < 4.78 is 9.81. The van der Waals surface area contributed by atoms with Crippen molar-refractivity contribution in [2.24, 2.45) is 21.1 Å². The van der Waals surface area contributed by atoms with Crippen molar-refractivity contribution in [3.05, 3.63) is 98.9 Å². The van der Waals surface area contributed by atoms with E-state index >= 15 is 0 Å². The highest BCUT2D eigenvalue weighted by Gasteiger charge is 2.18. The molecule has 0 radical (unpaired) electrons. The van der Waals surface area contributed by atoms with Gasteiger partial charge < -0.3 is 9.14 Å². The van der Waals surface area contributed by atoms with Crippen molar-refractivity contribution >= 4 is 34.8 Å². The van der Waals surface area contributed by atoms with E-state index in [9.17, 15) is 4.79 Å². The van der Waals surface area contributed by atoms with Gasteiger partial charge in [-0.1, -0.05) is 53.5 Å². The van der Waals surface area contributed by atoms with Crippen LogP contribution in [0, 0.1) is 34.6 Å². The molecule has 1 aromatic carbocycles. The largest absolute Gasteiger partial charge is 0.465 e. The van der Waals surface area contributed by atoms with Crippen molar-refractivity contribution in [3.63, 3.8) is 0 Å². The molecule has 6 aromatic rings. The van der Waals surface area contributed by atoms with Gasteiger partial charge in [0.2, 0.25) is 5.82 Å². The fraction of sp³-hybridized carbons (Fsp3) is 0.300. The van der Waals surface area contributed by atoms with Crippen LogP contribution in [0.2, 0.25) is 10.3 Å². The Morgan fingerprint density at radius 1 is 0.795 bits per heavy atom. The molecule has 0 saturated heterocycles. The maximum Gasteiger partial charge on any atom is 0.342 e. The number of esters is 1. The van der Waals surface area contributed by atoms with Gasteiger partial charge in [0.15, 0.2) is 10.3 Å². The second-order valence-corrected chi connectivity index (χ2v) is 10.5. The number of tetrazole rings is 1. The summed E-state index contributed by atoms with van der Waals surface area (Å²) in [5.41, 5.74) is 7.62. The van der Waals surface area contributed by atoms with Crippen LogP contribution < -0.4 is 0 Å². The molecule has 0 N–H and O–H groups in total. The third-order valence-electron chi connectivity index (χ3n) is 6.80. The average molecular weight is 640 g/mol. The number of methoxy groups -OCH3 is 1. The van der Waals surface area contributed by atoms with E-state index in [0.717, 1.165) is 22.6 Å². The Bertz CT molecular complexity index is 1830. The first-order valence-electron chi connectivity index (χ1n) is 13.5. The zero-order chi connectivity index (χ0) is 32.6. The minimum absolute atomic E-state index is 0.182. The summed E-state index contributed by atoms with van der Waals surface area (Å²) in [6.45, 7) is 9.91. The first-order valence-corrected chi connectivity index (χ1v) is 14.2. The van der Waals surface area contributed by atoms with Gasteiger partial charge in [0.05, 0.1) is 37.3 Å². The lowest BCUT2D eigenvalue weighted by molar-refractivity contribution is 0.0600. The molecule has 0 aliphatic rings. The van der Waals surface area contributed by atoms with Gasteiger partial charge in [-0.15, -0.1) is 10.2 Å². The van der Waals surface area contributed by atoms with Crippen molar-refractivity contribution < 1.29 is 9.53 Å². The molecule has 0 saturated carbocycles. The standard InChI is InChI=1S/C8H7ClN2.C8H10.C7H9ClN2O2.C7H10N6/c1-6-8(9)10-7-4-2-3-5-11(6)7;1-7-5-3-4-6-8(7)2;1-4-5(7(11)12-3)6(8)9-10(4)2;1-5-6(4-8-12(5)2)7-9-11-13(3)10-7/h2-5H,1H3;3-6H,1-2H3;1-3H3;4H,1-3H3. The number of hydrogen-bond donors (Lipinski definition) is 0. The molecule has 0 fully saturated rings. The van der Waals surface area contributed by atoms with E-state index in [1.807, 2.05) is 49.7 Å². The summed E-state index contributed by atoms with van der Waals surface area (Å²) in [6.07, 6.45) is 3.69. The lowest BCUT2D eigenvalue weighted by atomic mass is 10.1. The van der Waals surface area contributed by atoms with Gasteiger partial charge in [0.25, 0.3) is 0 Å². The summed E-state index contributed by atoms with van der Waals surface area (Å²) in [7, 11) is 6.65. The van der Waals surface area contributed by atoms with E-state index in [4.69, 9.17) is 23.2 Å². The molecular formula is C30H36Cl2N10O2. The van der Waals surface area contributed by atoms with Crippen LogP contribution in [0.5, 0.6) is 0 Å². The highest BCUT2D eigenvalue weighted by atomic mass is 35.5. The minimum atomic E-state index is -0.453. The van der Waals surface area contributed by atoms with Gasteiger partial charge >= 0.3 is 5.97 Å². The van der Waals surface area contributed by atoms with Crippen LogP contribution in [0.15, 0.2) is 54.9 Å².